The highest BCUT2D eigenvalue weighted by Crippen LogP contribution is 2.29. The maximum Gasteiger partial charge on any atom is 0.315 e. The van der Waals surface area contributed by atoms with Crippen molar-refractivity contribution in [3.8, 4) is 11.5 Å². The lowest BCUT2D eigenvalue weighted by Crippen LogP contribution is -2.20. The Hall–Kier alpha value is -1.85. The molecule has 0 saturated heterocycles. The highest BCUT2D eigenvalue weighted by Gasteiger charge is 2.17. The van der Waals surface area contributed by atoms with Crippen molar-refractivity contribution < 1.29 is 23.0 Å². The van der Waals surface area contributed by atoms with Gasteiger partial charge in [0.15, 0.2) is 0 Å². The highest BCUT2D eigenvalue weighted by molar-refractivity contribution is 5.94. The highest BCUT2D eigenvalue weighted by atomic mass is 19.3. The van der Waals surface area contributed by atoms with Gasteiger partial charge in [-0.1, -0.05) is 0 Å². The number of carbonyl (C=O) groups is 1. The molecular formula is C12H15F2NO3. The molecule has 0 aliphatic carbocycles. The lowest BCUT2D eigenvalue weighted by atomic mass is 10.2. The van der Waals surface area contributed by atoms with E-state index in [-0.39, 0.29) is 5.69 Å². The van der Waals surface area contributed by atoms with E-state index in [0.29, 0.717) is 24.7 Å². The molecule has 1 N–H and O–H groups in total. The molecule has 0 bridgehead atoms. The van der Waals surface area contributed by atoms with Gasteiger partial charge >= 0.3 is 6.43 Å². The Kier molecular flexibility index (Phi) is 5.35. The lowest BCUT2D eigenvalue weighted by Gasteiger charge is -2.13. The maximum absolute atomic E-state index is 12.2. The van der Waals surface area contributed by atoms with Crippen LogP contribution < -0.4 is 14.8 Å². The zero-order valence-corrected chi connectivity index (χ0v) is 10.2. The number of halogens is 2. The number of anilines is 1. The van der Waals surface area contributed by atoms with Crippen LogP contribution in [0.1, 0.15) is 13.8 Å². The topological polar surface area (TPSA) is 47.6 Å². The quantitative estimate of drug-likeness (QED) is 0.854. The SMILES string of the molecule is CCOc1ccc(OCC)c(NC(=O)C(F)F)c1. The summed E-state index contributed by atoms with van der Waals surface area (Å²) < 4.78 is 34.9. The van der Waals surface area contributed by atoms with Gasteiger partial charge in [0.25, 0.3) is 5.91 Å². The summed E-state index contributed by atoms with van der Waals surface area (Å²) in [6.07, 6.45) is -3.07. The minimum absolute atomic E-state index is 0.174. The number of hydrogen-bond acceptors (Lipinski definition) is 3. The fourth-order valence-corrected chi connectivity index (χ4v) is 1.33. The zero-order valence-electron chi connectivity index (χ0n) is 10.2. The molecule has 0 fully saturated rings. The number of ether oxygens (including phenoxy) is 2. The van der Waals surface area contributed by atoms with Crippen molar-refractivity contribution in [3.63, 3.8) is 0 Å². The lowest BCUT2D eigenvalue weighted by molar-refractivity contribution is -0.126. The van der Waals surface area contributed by atoms with E-state index in [0.717, 1.165) is 0 Å². The minimum atomic E-state index is -3.07. The van der Waals surface area contributed by atoms with Gasteiger partial charge in [0, 0.05) is 6.07 Å². The van der Waals surface area contributed by atoms with Crippen LogP contribution in [0.5, 0.6) is 11.5 Å². The van der Waals surface area contributed by atoms with Gasteiger partial charge < -0.3 is 14.8 Å². The molecule has 0 spiro atoms. The summed E-state index contributed by atoms with van der Waals surface area (Å²) >= 11 is 0. The standard InChI is InChI=1S/C12H15F2NO3/c1-3-17-8-5-6-10(18-4-2)9(7-8)15-12(16)11(13)14/h5-7,11H,3-4H2,1-2H3,(H,15,16). The molecule has 0 aliphatic heterocycles. The number of hydrogen-bond donors (Lipinski definition) is 1. The maximum atomic E-state index is 12.2. The van der Waals surface area contributed by atoms with Gasteiger partial charge in [-0.3, -0.25) is 4.79 Å². The van der Waals surface area contributed by atoms with Crippen LogP contribution >= 0.6 is 0 Å². The molecule has 0 unspecified atom stereocenters. The van der Waals surface area contributed by atoms with E-state index in [1.807, 2.05) is 0 Å². The van der Waals surface area contributed by atoms with E-state index in [9.17, 15) is 13.6 Å². The van der Waals surface area contributed by atoms with Crippen LogP contribution in [0.15, 0.2) is 18.2 Å². The average molecular weight is 259 g/mol. The number of amides is 1. The Labute approximate surface area is 104 Å². The summed E-state index contributed by atoms with van der Waals surface area (Å²) in [5.74, 6) is -0.565. The molecule has 1 rings (SSSR count). The van der Waals surface area contributed by atoms with Crippen molar-refractivity contribution in [2.24, 2.45) is 0 Å². The first-order chi connectivity index (χ1) is 8.58. The van der Waals surface area contributed by atoms with Crippen LogP contribution in [0.3, 0.4) is 0 Å². The Balaban J connectivity index is 2.95. The Morgan fingerprint density at radius 3 is 2.50 bits per heavy atom. The van der Waals surface area contributed by atoms with Crippen molar-refractivity contribution in [1.82, 2.24) is 0 Å². The second kappa shape index (κ2) is 6.78. The van der Waals surface area contributed by atoms with Crippen LogP contribution in [0.4, 0.5) is 14.5 Å². The molecule has 1 aromatic carbocycles. The molecule has 0 heterocycles. The largest absolute Gasteiger partial charge is 0.494 e. The van der Waals surface area contributed by atoms with E-state index in [4.69, 9.17) is 9.47 Å². The molecular weight excluding hydrogens is 244 g/mol. The first-order valence-electron chi connectivity index (χ1n) is 5.57. The molecule has 0 radical (unpaired) electrons. The Morgan fingerprint density at radius 2 is 1.94 bits per heavy atom. The molecule has 4 nitrogen and oxygen atoms in total. The van der Waals surface area contributed by atoms with Gasteiger partial charge in [-0.25, -0.2) is 0 Å². The van der Waals surface area contributed by atoms with Crippen molar-refractivity contribution in [1.29, 1.82) is 0 Å². The Morgan fingerprint density at radius 1 is 1.28 bits per heavy atom. The third kappa shape index (κ3) is 3.87. The van der Waals surface area contributed by atoms with Gasteiger partial charge in [0.05, 0.1) is 18.9 Å². The van der Waals surface area contributed by atoms with E-state index in [1.54, 1.807) is 26.0 Å². The molecule has 0 aliphatic rings. The molecule has 1 amide bonds. The molecule has 0 saturated carbocycles. The molecule has 6 heteroatoms. The summed E-state index contributed by atoms with van der Waals surface area (Å²) in [7, 11) is 0. The van der Waals surface area contributed by atoms with Gasteiger partial charge in [-0.15, -0.1) is 0 Å². The number of alkyl halides is 2. The fraction of sp³-hybridized carbons (Fsp3) is 0.417. The number of carbonyl (C=O) groups excluding carboxylic acids is 1. The third-order valence-electron chi connectivity index (χ3n) is 2.02. The smallest absolute Gasteiger partial charge is 0.315 e. The van der Waals surface area contributed by atoms with Crippen LogP contribution in [-0.2, 0) is 4.79 Å². The molecule has 1 aromatic rings. The summed E-state index contributed by atoms with van der Waals surface area (Å²) in [6.45, 7) is 4.37. The summed E-state index contributed by atoms with van der Waals surface area (Å²) in [5.41, 5.74) is 0.174. The summed E-state index contributed by atoms with van der Waals surface area (Å²) in [5, 5.41) is 2.10. The normalized spacial score (nSPS) is 10.3. The predicted molar refractivity (Wildman–Crippen MR) is 63.4 cm³/mol. The van der Waals surface area contributed by atoms with Crippen LogP contribution in [0.2, 0.25) is 0 Å². The van der Waals surface area contributed by atoms with Crippen molar-refractivity contribution >= 4 is 11.6 Å². The van der Waals surface area contributed by atoms with Gasteiger partial charge in [-0.05, 0) is 26.0 Å². The van der Waals surface area contributed by atoms with E-state index in [1.165, 1.54) is 6.07 Å². The fourth-order valence-electron chi connectivity index (χ4n) is 1.33. The second-order valence-corrected chi connectivity index (χ2v) is 3.31. The summed E-state index contributed by atoms with van der Waals surface area (Å²) in [6, 6.07) is 4.66. The van der Waals surface area contributed by atoms with E-state index < -0.39 is 12.3 Å². The first kappa shape index (κ1) is 14.2. The van der Waals surface area contributed by atoms with Crippen molar-refractivity contribution in [2.45, 2.75) is 20.3 Å². The summed E-state index contributed by atoms with van der Waals surface area (Å²) in [4.78, 5) is 11.0. The monoisotopic (exact) mass is 259 g/mol. The minimum Gasteiger partial charge on any atom is -0.494 e. The molecule has 18 heavy (non-hydrogen) atoms. The number of nitrogens with one attached hydrogen (secondary N) is 1. The van der Waals surface area contributed by atoms with E-state index in [2.05, 4.69) is 5.32 Å². The van der Waals surface area contributed by atoms with Crippen LogP contribution in [-0.4, -0.2) is 25.5 Å². The molecule has 100 valence electrons. The van der Waals surface area contributed by atoms with Crippen LogP contribution in [0, 0.1) is 0 Å². The zero-order chi connectivity index (χ0) is 13.5. The van der Waals surface area contributed by atoms with Gasteiger partial charge in [0.1, 0.15) is 11.5 Å². The van der Waals surface area contributed by atoms with Gasteiger partial charge in [-0.2, -0.15) is 8.78 Å². The van der Waals surface area contributed by atoms with Gasteiger partial charge in [0.2, 0.25) is 0 Å². The Bertz CT molecular complexity index is 410. The molecule has 0 aromatic heterocycles. The third-order valence-corrected chi connectivity index (χ3v) is 2.02. The van der Waals surface area contributed by atoms with Crippen molar-refractivity contribution in [2.75, 3.05) is 18.5 Å². The van der Waals surface area contributed by atoms with Crippen LogP contribution in [0.25, 0.3) is 0 Å². The van der Waals surface area contributed by atoms with Crippen molar-refractivity contribution in [3.05, 3.63) is 18.2 Å². The number of benzene rings is 1. The number of rotatable bonds is 6. The second-order valence-electron chi connectivity index (χ2n) is 3.31. The molecule has 0 atom stereocenters. The first-order valence-corrected chi connectivity index (χ1v) is 5.57. The average Bonchev–Trinajstić information content (AvgIpc) is 2.33. The predicted octanol–water partition coefficient (Wildman–Crippen LogP) is 2.69. The van der Waals surface area contributed by atoms with E-state index >= 15 is 0 Å².